The molecule has 0 aromatic carbocycles. The summed E-state index contributed by atoms with van der Waals surface area (Å²) in [4.78, 5) is 10.2. The minimum Gasteiger partial charge on any atom is -0.547 e. The van der Waals surface area contributed by atoms with Crippen LogP contribution in [-0.2, 0) is 4.79 Å². The summed E-state index contributed by atoms with van der Waals surface area (Å²) in [7, 11) is 0. The SMILES string of the molecule is [2H]OC(/C([2H])=C/SC)C(O)C(=O)[O-]. The Labute approximate surface area is 71.4 Å². The van der Waals surface area contributed by atoms with Gasteiger partial charge < -0.3 is 20.1 Å². The van der Waals surface area contributed by atoms with Crippen molar-refractivity contribution in [2.45, 2.75) is 12.2 Å². The summed E-state index contributed by atoms with van der Waals surface area (Å²) in [6.07, 6.45) is -1.84. The summed E-state index contributed by atoms with van der Waals surface area (Å²) in [5.41, 5.74) is 0. The molecule has 0 spiro atoms. The number of carbonyl (C=O) groups excluding carboxylic acids is 1. The zero-order valence-corrected chi connectivity index (χ0v) is 6.63. The lowest BCUT2D eigenvalue weighted by atomic mass is 10.2. The average Bonchev–Trinajstić information content (AvgIpc) is 2.05. The summed E-state index contributed by atoms with van der Waals surface area (Å²) in [5, 5.41) is 24.2. The maximum absolute atomic E-state index is 10.2. The zero-order valence-electron chi connectivity index (χ0n) is 7.81. The van der Waals surface area contributed by atoms with Gasteiger partial charge in [0, 0.05) is 0 Å². The lowest BCUT2D eigenvalue weighted by Crippen LogP contribution is -2.42. The van der Waals surface area contributed by atoms with Gasteiger partial charge in [-0.3, -0.25) is 0 Å². The van der Waals surface area contributed by atoms with Gasteiger partial charge in [0.25, 0.3) is 0 Å². The molecule has 0 aromatic heterocycles. The van der Waals surface area contributed by atoms with Crippen LogP contribution in [0.3, 0.4) is 0 Å². The fraction of sp³-hybridized carbons (Fsp3) is 0.500. The molecule has 0 aliphatic rings. The minimum atomic E-state index is -1.99. The first kappa shape index (κ1) is 7.15. The Balaban J connectivity index is 4.50. The van der Waals surface area contributed by atoms with Gasteiger partial charge in [-0.25, -0.2) is 0 Å². The van der Waals surface area contributed by atoms with Crippen LogP contribution in [0.4, 0.5) is 0 Å². The molecule has 0 radical (unpaired) electrons. The van der Waals surface area contributed by atoms with Crippen LogP contribution < -0.4 is 5.11 Å². The van der Waals surface area contributed by atoms with Crippen LogP contribution >= 0.6 is 11.8 Å². The summed E-state index contributed by atoms with van der Waals surface area (Å²) in [6, 6.07) is -0.279. The van der Waals surface area contributed by atoms with Crippen molar-refractivity contribution in [3.8, 4) is 0 Å². The first-order valence-corrected chi connectivity index (χ1v) is 4.03. The third kappa shape index (κ3) is 4.02. The molecular formula is C6H9O4S-. The summed E-state index contributed by atoms with van der Waals surface area (Å²) in [6.45, 7) is 0. The summed E-state index contributed by atoms with van der Waals surface area (Å²) >= 11 is 1.15. The van der Waals surface area contributed by atoms with Crippen molar-refractivity contribution in [1.29, 1.82) is 1.43 Å². The molecule has 2 atom stereocenters. The van der Waals surface area contributed by atoms with Gasteiger partial charge in [-0.1, -0.05) is 0 Å². The molecule has 2 unspecified atom stereocenters. The Hall–Kier alpha value is -0.520. The third-order valence-corrected chi connectivity index (χ3v) is 1.25. The molecule has 0 fully saturated rings. The van der Waals surface area contributed by atoms with Crippen molar-refractivity contribution in [2.24, 2.45) is 0 Å². The maximum atomic E-state index is 10.2. The standard InChI is InChI=1S/C6H10O4S/c1-11-3-2-4(7)5(8)6(9)10/h2-5,7-8H,1H3,(H,9,10)/p-1/b3-2+/i2D,7D. The smallest absolute Gasteiger partial charge is 0.211 e. The molecule has 0 bridgehead atoms. The molecule has 0 saturated heterocycles. The van der Waals surface area contributed by atoms with E-state index >= 15 is 0 Å². The predicted octanol–water partition coefficient (Wildman–Crippen LogP) is -1.67. The van der Waals surface area contributed by atoms with Crippen LogP contribution in [0.2, 0.25) is 0 Å². The third-order valence-electron chi connectivity index (χ3n) is 0.878. The molecule has 0 amide bonds. The molecule has 11 heavy (non-hydrogen) atoms. The van der Waals surface area contributed by atoms with Gasteiger partial charge in [-0.05, 0) is 17.7 Å². The first-order chi connectivity index (χ1) is 6.04. The van der Waals surface area contributed by atoms with E-state index in [1.165, 1.54) is 5.41 Å². The van der Waals surface area contributed by atoms with Crippen LogP contribution in [0.1, 0.15) is 1.37 Å². The van der Waals surface area contributed by atoms with Gasteiger partial charge in [-0.15, -0.1) is 11.8 Å². The van der Waals surface area contributed by atoms with E-state index in [-0.39, 0.29) is 6.05 Å². The van der Waals surface area contributed by atoms with Gasteiger partial charge in [0.15, 0.2) is 0 Å². The van der Waals surface area contributed by atoms with Crippen molar-refractivity contribution in [3.63, 3.8) is 0 Å². The van der Waals surface area contributed by atoms with E-state index in [2.05, 4.69) is 5.11 Å². The highest BCUT2D eigenvalue weighted by atomic mass is 32.2. The average molecular weight is 179 g/mol. The van der Waals surface area contributed by atoms with Crippen molar-refractivity contribution in [2.75, 3.05) is 6.26 Å². The maximum Gasteiger partial charge on any atom is 0.211 e. The van der Waals surface area contributed by atoms with E-state index in [4.69, 9.17) is 7.91 Å². The fourth-order valence-corrected chi connectivity index (χ4v) is 0.620. The molecule has 0 aliphatic carbocycles. The Bertz CT molecular complexity index is 209. The van der Waals surface area contributed by atoms with Crippen LogP contribution in [0.15, 0.2) is 11.5 Å². The number of aliphatic carboxylic acids is 1. The van der Waals surface area contributed by atoms with Crippen molar-refractivity contribution >= 4 is 17.7 Å². The molecule has 0 aliphatic heterocycles. The Morgan fingerprint density at radius 3 is 3.00 bits per heavy atom. The normalized spacial score (nSPS) is 20.0. The number of hydrogen-bond donors (Lipinski definition) is 2. The van der Waals surface area contributed by atoms with Gasteiger partial charge >= 0.3 is 0 Å². The number of rotatable bonds is 5. The minimum absolute atomic E-state index is 0.279. The lowest BCUT2D eigenvalue weighted by molar-refractivity contribution is -0.317. The van der Waals surface area contributed by atoms with E-state index in [0.29, 0.717) is 0 Å². The second-order valence-electron chi connectivity index (χ2n) is 1.70. The predicted molar refractivity (Wildman–Crippen MR) is 39.7 cm³/mol. The quantitative estimate of drug-likeness (QED) is 0.527. The fourth-order valence-electron chi connectivity index (χ4n) is 0.350. The molecular weight excluding hydrogens is 168 g/mol. The Morgan fingerprint density at radius 1 is 2.00 bits per heavy atom. The van der Waals surface area contributed by atoms with E-state index in [1.54, 1.807) is 6.26 Å². The van der Waals surface area contributed by atoms with Gasteiger partial charge in [-0.2, -0.15) is 0 Å². The molecule has 64 valence electrons. The van der Waals surface area contributed by atoms with Crippen molar-refractivity contribution < 1.29 is 21.5 Å². The number of thioether (sulfide) groups is 1. The monoisotopic (exact) mass is 179 g/mol. The Kier molecular flexibility index (Phi) is 3.36. The number of hydrogen-bond acceptors (Lipinski definition) is 5. The highest BCUT2D eigenvalue weighted by Gasteiger charge is 2.13. The molecule has 5 heteroatoms. The van der Waals surface area contributed by atoms with E-state index in [1.807, 2.05) is 0 Å². The van der Waals surface area contributed by atoms with Crippen molar-refractivity contribution in [1.82, 2.24) is 0 Å². The highest BCUT2D eigenvalue weighted by Crippen LogP contribution is 1.99. The highest BCUT2D eigenvalue weighted by molar-refractivity contribution is 8.01. The summed E-state index contributed by atoms with van der Waals surface area (Å²) in [5.74, 6) is -1.77. The molecule has 0 saturated carbocycles. The van der Waals surface area contributed by atoms with Crippen molar-refractivity contribution in [3.05, 3.63) is 11.5 Å². The number of carboxylic acid groups (broad SMARTS) is 1. The number of aliphatic hydroxyl groups is 2. The summed E-state index contributed by atoms with van der Waals surface area (Å²) < 4.78 is 13.7. The molecule has 2 N–H and O–H groups in total. The van der Waals surface area contributed by atoms with Gasteiger partial charge in [0.05, 0.1) is 7.34 Å². The molecule has 0 rings (SSSR count). The molecule has 0 aromatic rings. The number of carbonyl (C=O) groups is 1. The van der Waals surface area contributed by atoms with Crippen LogP contribution in [0.5, 0.6) is 0 Å². The second-order valence-corrected chi connectivity index (χ2v) is 2.41. The Morgan fingerprint density at radius 2 is 2.64 bits per heavy atom. The van der Waals surface area contributed by atoms with Gasteiger partial charge in [0.2, 0.25) is 1.43 Å². The van der Waals surface area contributed by atoms with Gasteiger partial charge in [0.1, 0.15) is 12.2 Å². The first-order valence-electron chi connectivity index (χ1n) is 3.65. The van der Waals surface area contributed by atoms with E-state index in [0.717, 1.165) is 11.8 Å². The van der Waals surface area contributed by atoms with E-state index in [9.17, 15) is 9.90 Å². The van der Waals surface area contributed by atoms with Crippen LogP contribution in [0.25, 0.3) is 0 Å². The number of carboxylic acids is 1. The van der Waals surface area contributed by atoms with Crippen LogP contribution in [0, 0.1) is 0 Å². The lowest BCUT2D eigenvalue weighted by Gasteiger charge is -2.14. The molecule has 4 nitrogen and oxygen atoms in total. The largest absolute Gasteiger partial charge is 0.547 e. The van der Waals surface area contributed by atoms with Crippen LogP contribution in [-0.4, -0.2) is 36.1 Å². The topological polar surface area (TPSA) is 80.6 Å². The number of aliphatic hydroxyl groups excluding tert-OH is 2. The zero-order chi connectivity index (χ0) is 10.4. The molecule has 0 heterocycles. The second kappa shape index (κ2) is 5.17. The van der Waals surface area contributed by atoms with E-state index < -0.39 is 18.2 Å².